The molecule has 4 atom stereocenters. The lowest BCUT2D eigenvalue weighted by Gasteiger charge is -2.48. The zero-order valence-electron chi connectivity index (χ0n) is 74.7. The lowest BCUT2D eigenvalue weighted by atomic mass is 9.65. The Labute approximate surface area is 629 Å². The van der Waals surface area contributed by atoms with Gasteiger partial charge in [0.1, 0.15) is 0 Å². The van der Waals surface area contributed by atoms with E-state index in [2.05, 4.69) is 237 Å². The fourth-order valence-electron chi connectivity index (χ4n) is 13.9. The molecular weight excluding hydrogens is 1220 g/mol. The van der Waals surface area contributed by atoms with E-state index in [9.17, 15) is 0 Å². The first-order chi connectivity index (χ1) is 47.0. The molecule has 7 heteroatoms. The molecule has 1 aromatic carbocycles. The molecule has 8 fully saturated rings. The van der Waals surface area contributed by atoms with Gasteiger partial charge in [0.15, 0.2) is 0 Å². The van der Waals surface area contributed by atoms with E-state index in [0.717, 1.165) is 58.5 Å². The molecule has 3 saturated carbocycles. The lowest BCUT2D eigenvalue weighted by molar-refractivity contribution is 0.0690. The van der Waals surface area contributed by atoms with Gasteiger partial charge in [-0.1, -0.05) is 317 Å². The number of hydrogen-bond donors (Lipinski definition) is 5. The summed E-state index contributed by atoms with van der Waals surface area (Å²) < 4.78 is 0. The molecule has 2 spiro atoms. The van der Waals surface area contributed by atoms with Gasteiger partial charge in [-0.25, -0.2) is 0 Å². The Morgan fingerprint density at radius 3 is 1.12 bits per heavy atom. The summed E-state index contributed by atoms with van der Waals surface area (Å²) in [6.07, 6.45) is 22.5. The summed E-state index contributed by atoms with van der Waals surface area (Å²) in [5.74, 6) is 7.63. The second-order valence-corrected chi connectivity index (χ2v) is 34.9. The number of piperidine rings is 1. The number of rotatable bonds is 2. The predicted octanol–water partition coefficient (Wildman–Crippen LogP) is 25.9. The number of hydrogen-bond acceptors (Lipinski definition) is 7. The first kappa shape index (κ1) is 103. The van der Waals surface area contributed by atoms with Crippen LogP contribution in [0.3, 0.4) is 0 Å². The molecule has 4 aliphatic carbocycles. The average Bonchev–Trinajstić information content (AvgIpc) is 1.55. The van der Waals surface area contributed by atoms with Crippen molar-refractivity contribution in [2.45, 2.75) is 344 Å². The zero-order chi connectivity index (χ0) is 78.4. The van der Waals surface area contributed by atoms with Gasteiger partial charge in [-0.2, -0.15) is 0 Å². The predicted molar refractivity (Wildman–Crippen MR) is 457 cm³/mol. The maximum atomic E-state index is 4.25. The molecule has 0 bridgehead atoms. The van der Waals surface area contributed by atoms with Crippen LogP contribution in [0.1, 0.15) is 344 Å². The van der Waals surface area contributed by atoms with E-state index < -0.39 is 0 Å². The minimum absolute atomic E-state index is 0.182. The summed E-state index contributed by atoms with van der Waals surface area (Å²) >= 11 is 0. The number of nitrogens with one attached hydrogen (secondary N) is 5. The van der Waals surface area contributed by atoms with Gasteiger partial charge in [-0.3, -0.25) is 9.97 Å². The van der Waals surface area contributed by atoms with Gasteiger partial charge in [-0.15, -0.1) is 0 Å². The molecule has 100 heavy (non-hydrogen) atoms. The molecule has 3 aromatic rings. The first-order valence-corrected chi connectivity index (χ1v) is 42.1. The standard InChI is InChI=1S/2C11H21N.C11H19N.C10H14.C9H17N.2C9H13N.C7H15N.8C2H6/c1-11(2,3)10-4-8-6-12-7-9(8)5-10;2*1-9(2)10-3-5-11(6-4-10)7-12-8-11;1-10(2,3)9-7-5-4-6-8-9;1-8(2,3)9-4-7(9)5-10-6-9;1-9(2,3)8-5-4-6-10-7-8;1-9(2,3)8-6-4-5-7-10-8;1-7(2,3)6-4-8-5-6;8*1-2/h8-10,12H,4-7H2,1-3H3;9-10,12H,3-8H2,1-2H3;3,9,12H,4-8H2,1-2H3;4-8H,1-3H3;7,10H,4-6H2,1-3H3;2*4-7H,1-3H3;6,8H,4-5H2,1-3H3;8*1-2H3. The monoisotopic (exact) mass is 1400 g/mol. The van der Waals surface area contributed by atoms with Crippen molar-refractivity contribution in [3.63, 3.8) is 0 Å². The third-order valence-electron chi connectivity index (χ3n) is 21.6. The van der Waals surface area contributed by atoms with Crippen molar-refractivity contribution >= 4 is 0 Å². The topological polar surface area (TPSA) is 85.9 Å². The molecule has 9 aliphatic rings. The molecule has 4 unspecified atom stereocenters. The lowest BCUT2D eigenvalue weighted by Crippen LogP contribution is -2.55. The Bertz CT molecular complexity index is 2200. The molecule has 2 aromatic heterocycles. The fraction of sp³-hybridized carbons (Fsp3) is 0.806. The second-order valence-electron chi connectivity index (χ2n) is 34.9. The van der Waals surface area contributed by atoms with Gasteiger partial charge in [0.25, 0.3) is 0 Å². The van der Waals surface area contributed by atoms with Crippen LogP contribution >= 0.6 is 0 Å². The van der Waals surface area contributed by atoms with Crippen LogP contribution < -0.4 is 26.6 Å². The Morgan fingerprint density at radius 2 is 0.880 bits per heavy atom. The number of fused-ring (bicyclic) bond motifs is 2. The van der Waals surface area contributed by atoms with Crippen molar-refractivity contribution in [2.24, 2.45) is 79.8 Å². The molecular formula is C93H181N7. The number of aromatic nitrogens is 2. The van der Waals surface area contributed by atoms with E-state index in [4.69, 9.17) is 0 Å². The third kappa shape index (κ3) is 38.4. The van der Waals surface area contributed by atoms with E-state index in [1.54, 1.807) is 11.8 Å². The summed E-state index contributed by atoms with van der Waals surface area (Å²) in [6, 6.07) is 20.6. The summed E-state index contributed by atoms with van der Waals surface area (Å²) in [6.45, 7) is 95.0. The van der Waals surface area contributed by atoms with Crippen LogP contribution in [0.4, 0.5) is 0 Å². The van der Waals surface area contributed by atoms with Gasteiger partial charge in [0, 0.05) is 62.4 Å². The number of nitrogens with zero attached hydrogens (tertiary/aromatic N) is 2. The average molecular weight is 1400 g/mol. The van der Waals surface area contributed by atoms with Gasteiger partial charge in [0.2, 0.25) is 0 Å². The highest BCUT2D eigenvalue weighted by atomic mass is 15.0. The van der Waals surface area contributed by atoms with Crippen molar-refractivity contribution in [3.8, 4) is 0 Å². The largest absolute Gasteiger partial charge is 0.316 e. The van der Waals surface area contributed by atoms with Gasteiger partial charge in [0.05, 0.1) is 0 Å². The maximum absolute atomic E-state index is 4.25. The van der Waals surface area contributed by atoms with Crippen LogP contribution in [-0.4, -0.2) is 75.4 Å². The van der Waals surface area contributed by atoms with Crippen LogP contribution in [0, 0.1) is 79.8 Å². The molecule has 5 N–H and O–H groups in total. The van der Waals surface area contributed by atoms with Crippen LogP contribution in [0.5, 0.6) is 0 Å². The minimum Gasteiger partial charge on any atom is -0.316 e. The Morgan fingerprint density at radius 1 is 0.430 bits per heavy atom. The zero-order valence-corrected chi connectivity index (χ0v) is 74.7. The first-order valence-electron chi connectivity index (χ1n) is 42.1. The van der Waals surface area contributed by atoms with Crippen molar-refractivity contribution in [3.05, 3.63) is 108 Å². The van der Waals surface area contributed by atoms with E-state index in [-0.39, 0.29) is 10.8 Å². The van der Waals surface area contributed by atoms with Crippen molar-refractivity contribution < 1.29 is 0 Å². The number of pyridine rings is 2. The van der Waals surface area contributed by atoms with Crippen molar-refractivity contribution in [1.82, 2.24) is 36.6 Å². The van der Waals surface area contributed by atoms with Crippen molar-refractivity contribution in [1.29, 1.82) is 0 Å². The van der Waals surface area contributed by atoms with Gasteiger partial charge in [-0.05, 0) is 217 Å². The highest BCUT2D eigenvalue weighted by molar-refractivity contribution is 5.22. The Hall–Kier alpha value is -2.94. The van der Waals surface area contributed by atoms with Gasteiger partial charge < -0.3 is 26.6 Å². The summed E-state index contributed by atoms with van der Waals surface area (Å²) in [5.41, 5.74) is 9.96. The Kier molecular flexibility index (Phi) is 54.7. The molecule has 5 saturated heterocycles. The number of allylic oxidation sites excluding steroid dienone is 2. The van der Waals surface area contributed by atoms with E-state index in [1.807, 2.05) is 141 Å². The van der Waals surface area contributed by atoms with Crippen LogP contribution in [0.2, 0.25) is 0 Å². The third-order valence-corrected chi connectivity index (χ3v) is 21.6. The Balaban J connectivity index is -0.000000512. The molecule has 12 rings (SSSR count). The van der Waals surface area contributed by atoms with E-state index in [0.29, 0.717) is 32.5 Å². The molecule has 0 radical (unpaired) electrons. The molecule has 5 aliphatic heterocycles. The molecule has 7 heterocycles. The summed E-state index contributed by atoms with van der Waals surface area (Å²) in [4.78, 5) is 8.30. The van der Waals surface area contributed by atoms with E-state index >= 15 is 0 Å². The minimum atomic E-state index is 0.182. The smallest absolute Gasteiger partial charge is 0.0457 e. The SMILES string of the molecule is CC.CC.CC.CC.CC.CC.CC.CC.CC(C)(C)C12CNCC1C2.CC(C)(C)C1CC2CNCC2C1.CC(C)(C)C1CNC1.CC(C)(C)c1ccccc1.CC(C)(C)c1ccccn1.CC(C)(C)c1cccnc1.CC(C)C1=CCC2(CC1)CNC2.CC(C)C1CCC2(CC1)CNC2. The quantitative estimate of drug-likeness (QED) is 0.164. The van der Waals surface area contributed by atoms with E-state index in [1.165, 1.54) is 141 Å². The fourth-order valence-corrected chi connectivity index (χ4v) is 13.9. The maximum Gasteiger partial charge on any atom is 0.0457 e. The molecule has 0 amide bonds. The second kappa shape index (κ2) is 52.9. The highest BCUT2D eigenvalue weighted by Crippen LogP contribution is 2.64. The van der Waals surface area contributed by atoms with Crippen LogP contribution in [0.25, 0.3) is 0 Å². The van der Waals surface area contributed by atoms with Gasteiger partial charge >= 0.3 is 0 Å². The normalized spacial score (nSPS) is 22.1. The number of benzene rings is 1. The molecule has 7 nitrogen and oxygen atoms in total. The van der Waals surface area contributed by atoms with Crippen LogP contribution in [-0.2, 0) is 16.2 Å². The highest BCUT2D eigenvalue weighted by Gasteiger charge is 2.63. The summed E-state index contributed by atoms with van der Waals surface area (Å²) in [5, 5.41) is 17.0. The van der Waals surface area contributed by atoms with Crippen molar-refractivity contribution in [2.75, 3.05) is 65.4 Å². The summed E-state index contributed by atoms with van der Waals surface area (Å²) in [7, 11) is 0. The molecule has 588 valence electrons. The van der Waals surface area contributed by atoms with Crippen LogP contribution in [0.15, 0.2) is 90.9 Å².